The Morgan fingerprint density at radius 2 is 1.46 bits per heavy atom. The molecule has 4 heterocycles. The predicted molar refractivity (Wildman–Crippen MR) is 98.3 cm³/mol. The molecule has 0 aromatic heterocycles. The van der Waals surface area contributed by atoms with E-state index in [2.05, 4.69) is 10.6 Å². The summed E-state index contributed by atoms with van der Waals surface area (Å²) in [6.07, 6.45) is 2.46. The van der Waals surface area contributed by atoms with Gasteiger partial charge in [-0.05, 0) is 49.5 Å². The molecule has 0 spiro atoms. The van der Waals surface area contributed by atoms with E-state index in [1.807, 2.05) is 11.0 Å². The number of carbonyl (C=O) groups excluding carboxylic acids is 4. The minimum Gasteiger partial charge on any atom is -0.331 e. The van der Waals surface area contributed by atoms with Crippen LogP contribution in [-0.4, -0.2) is 58.6 Å². The lowest BCUT2D eigenvalue weighted by molar-refractivity contribution is -0.136. The third-order valence-corrected chi connectivity index (χ3v) is 6.33. The number of amides is 4. The van der Waals surface area contributed by atoms with Gasteiger partial charge < -0.3 is 15.1 Å². The van der Waals surface area contributed by atoms with Gasteiger partial charge in [-0.15, -0.1) is 0 Å². The van der Waals surface area contributed by atoms with Gasteiger partial charge in [0.15, 0.2) is 0 Å². The Morgan fingerprint density at radius 3 is 2.14 bits per heavy atom. The Hall–Kier alpha value is -2.74. The number of hydrogen-bond donors (Lipinski definition) is 2. The van der Waals surface area contributed by atoms with Gasteiger partial charge in [0.05, 0.1) is 0 Å². The minimum atomic E-state index is -0.630. The van der Waals surface area contributed by atoms with Crippen molar-refractivity contribution >= 4 is 23.6 Å². The Kier molecular flexibility index (Phi) is 3.97. The van der Waals surface area contributed by atoms with Gasteiger partial charge in [-0.3, -0.25) is 24.5 Å². The summed E-state index contributed by atoms with van der Waals surface area (Å²) < 4.78 is 0. The van der Waals surface area contributed by atoms with Crippen molar-refractivity contribution in [2.24, 2.45) is 0 Å². The number of imide groups is 1. The van der Waals surface area contributed by atoms with Crippen LogP contribution in [0.3, 0.4) is 0 Å². The summed E-state index contributed by atoms with van der Waals surface area (Å²) in [5.41, 5.74) is 2.92. The number of benzene rings is 1. The van der Waals surface area contributed by atoms with E-state index in [0.717, 1.165) is 37.1 Å². The van der Waals surface area contributed by atoms with Crippen LogP contribution in [-0.2, 0) is 22.7 Å². The lowest BCUT2D eigenvalue weighted by Gasteiger charge is -2.31. The molecule has 8 heteroatoms. The molecule has 2 saturated heterocycles. The molecule has 4 aliphatic heterocycles. The highest BCUT2D eigenvalue weighted by atomic mass is 16.2. The zero-order chi connectivity index (χ0) is 19.4. The lowest BCUT2D eigenvalue weighted by atomic mass is 10.0. The standard InChI is InChI=1S/C20H22N4O4/c25-17-2-1-16(18(26)22-17)24-10-12-7-11-9-23(13-3-5-21-6-4-13)19(27)14(11)8-15(12)20(24)28/h7-8,13,16,21H,1-6,9-10H2,(H,22,25,26). The van der Waals surface area contributed by atoms with E-state index in [-0.39, 0.29) is 30.2 Å². The van der Waals surface area contributed by atoms with Crippen LogP contribution in [0.15, 0.2) is 12.1 Å². The van der Waals surface area contributed by atoms with E-state index < -0.39 is 11.9 Å². The Bertz CT molecular complexity index is 906. The van der Waals surface area contributed by atoms with Crippen LogP contribution in [0.2, 0.25) is 0 Å². The molecule has 1 aromatic carbocycles. The van der Waals surface area contributed by atoms with Crippen molar-refractivity contribution in [1.82, 2.24) is 20.4 Å². The zero-order valence-electron chi connectivity index (χ0n) is 15.5. The van der Waals surface area contributed by atoms with Gasteiger partial charge in [-0.25, -0.2) is 0 Å². The van der Waals surface area contributed by atoms with Crippen LogP contribution in [0.4, 0.5) is 0 Å². The molecule has 2 fully saturated rings. The van der Waals surface area contributed by atoms with Crippen LogP contribution in [0.1, 0.15) is 57.5 Å². The maximum absolute atomic E-state index is 13.0. The third-order valence-electron chi connectivity index (χ3n) is 6.33. The average molecular weight is 382 g/mol. The summed E-state index contributed by atoms with van der Waals surface area (Å²) in [5.74, 6) is -0.955. The molecule has 4 amide bonds. The van der Waals surface area contributed by atoms with Crippen LogP contribution in [0, 0.1) is 0 Å². The van der Waals surface area contributed by atoms with E-state index >= 15 is 0 Å². The molecule has 1 unspecified atom stereocenters. The second-order valence-electron chi connectivity index (χ2n) is 7.98. The molecule has 146 valence electrons. The minimum absolute atomic E-state index is 0.00282. The topological polar surface area (TPSA) is 98.8 Å². The first-order chi connectivity index (χ1) is 13.5. The summed E-state index contributed by atoms with van der Waals surface area (Å²) in [6, 6.07) is 3.27. The number of nitrogens with one attached hydrogen (secondary N) is 2. The Morgan fingerprint density at radius 1 is 0.821 bits per heavy atom. The number of hydrogen-bond acceptors (Lipinski definition) is 5. The van der Waals surface area contributed by atoms with E-state index in [1.165, 1.54) is 4.90 Å². The van der Waals surface area contributed by atoms with Crippen LogP contribution < -0.4 is 10.6 Å². The van der Waals surface area contributed by atoms with Gasteiger partial charge in [0.1, 0.15) is 6.04 Å². The predicted octanol–water partition coefficient (Wildman–Crippen LogP) is 0.155. The van der Waals surface area contributed by atoms with Gasteiger partial charge in [-0.2, -0.15) is 0 Å². The zero-order valence-corrected chi connectivity index (χ0v) is 15.5. The van der Waals surface area contributed by atoms with Crippen molar-refractivity contribution < 1.29 is 19.2 Å². The molecule has 1 aromatic rings. The summed E-state index contributed by atoms with van der Waals surface area (Å²) in [6.45, 7) is 2.76. The fourth-order valence-corrected chi connectivity index (χ4v) is 4.82. The normalized spacial score (nSPS) is 25.2. The largest absolute Gasteiger partial charge is 0.331 e. The second kappa shape index (κ2) is 6.41. The van der Waals surface area contributed by atoms with Gasteiger partial charge in [0.2, 0.25) is 11.8 Å². The van der Waals surface area contributed by atoms with Crippen LogP contribution in [0.25, 0.3) is 0 Å². The quantitative estimate of drug-likeness (QED) is 0.710. The number of carbonyl (C=O) groups is 4. The highest BCUT2D eigenvalue weighted by molar-refractivity contribution is 6.07. The Labute approximate surface area is 162 Å². The first-order valence-electron chi connectivity index (χ1n) is 9.85. The fourth-order valence-electron chi connectivity index (χ4n) is 4.82. The van der Waals surface area contributed by atoms with E-state index in [1.54, 1.807) is 6.07 Å². The van der Waals surface area contributed by atoms with Crippen molar-refractivity contribution in [2.45, 2.75) is 50.9 Å². The summed E-state index contributed by atoms with van der Waals surface area (Å²) in [7, 11) is 0. The first-order valence-corrected chi connectivity index (χ1v) is 9.85. The monoisotopic (exact) mass is 382 g/mol. The third kappa shape index (κ3) is 2.63. The fraction of sp³-hybridized carbons (Fsp3) is 0.500. The van der Waals surface area contributed by atoms with Crippen LogP contribution >= 0.6 is 0 Å². The summed E-state index contributed by atoms with van der Waals surface area (Å²) in [5, 5.41) is 5.63. The molecule has 0 saturated carbocycles. The number of nitrogens with zero attached hydrogens (tertiary/aromatic N) is 2. The molecular weight excluding hydrogens is 360 g/mol. The molecule has 1 atom stereocenters. The maximum Gasteiger partial charge on any atom is 0.255 e. The highest BCUT2D eigenvalue weighted by Crippen LogP contribution is 2.34. The smallest absolute Gasteiger partial charge is 0.255 e. The van der Waals surface area contributed by atoms with Gasteiger partial charge >= 0.3 is 0 Å². The number of piperidine rings is 2. The van der Waals surface area contributed by atoms with Crippen molar-refractivity contribution in [3.8, 4) is 0 Å². The van der Waals surface area contributed by atoms with Crippen molar-refractivity contribution in [1.29, 1.82) is 0 Å². The highest BCUT2D eigenvalue weighted by Gasteiger charge is 2.41. The molecule has 28 heavy (non-hydrogen) atoms. The van der Waals surface area contributed by atoms with E-state index in [4.69, 9.17) is 0 Å². The molecule has 8 nitrogen and oxygen atoms in total. The maximum atomic E-state index is 13.0. The molecule has 0 aliphatic carbocycles. The number of fused-ring (bicyclic) bond motifs is 2. The Balaban J connectivity index is 1.39. The van der Waals surface area contributed by atoms with Crippen molar-refractivity contribution in [3.05, 3.63) is 34.4 Å². The SMILES string of the molecule is O=C1CCC(N2Cc3cc4c(cc3C2=O)C(=O)N(C2CCNCC2)C4)C(=O)N1. The van der Waals surface area contributed by atoms with Gasteiger partial charge in [-0.1, -0.05) is 6.07 Å². The molecule has 2 N–H and O–H groups in total. The van der Waals surface area contributed by atoms with Crippen molar-refractivity contribution in [3.63, 3.8) is 0 Å². The summed E-state index contributed by atoms with van der Waals surface area (Å²) >= 11 is 0. The second-order valence-corrected chi connectivity index (χ2v) is 7.98. The average Bonchev–Trinajstić information content (AvgIpc) is 3.18. The van der Waals surface area contributed by atoms with Gasteiger partial charge in [0, 0.05) is 36.7 Å². The first kappa shape index (κ1) is 17.4. The number of rotatable bonds is 2. The molecule has 0 bridgehead atoms. The summed E-state index contributed by atoms with van der Waals surface area (Å²) in [4.78, 5) is 52.9. The van der Waals surface area contributed by atoms with Crippen LogP contribution in [0.5, 0.6) is 0 Å². The lowest BCUT2D eigenvalue weighted by Crippen LogP contribution is -2.52. The molecular formula is C20H22N4O4. The molecule has 4 aliphatic rings. The van der Waals surface area contributed by atoms with E-state index in [9.17, 15) is 19.2 Å². The van der Waals surface area contributed by atoms with Crippen molar-refractivity contribution in [2.75, 3.05) is 13.1 Å². The molecule has 0 radical (unpaired) electrons. The van der Waals surface area contributed by atoms with E-state index in [0.29, 0.717) is 30.6 Å². The molecule has 5 rings (SSSR count). The van der Waals surface area contributed by atoms with Gasteiger partial charge in [0.25, 0.3) is 11.8 Å².